The Kier molecular flexibility index (Phi) is 7.97. The van der Waals surface area contributed by atoms with Crippen LogP contribution in [0.15, 0.2) is 4.99 Å². The lowest BCUT2D eigenvalue weighted by atomic mass is 10.1. The van der Waals surface area contributed by atoms with E-state index in [4.69, 9.17) is 0 Å². The minimum atomic E-state index is 0.483. The van der Waals surface area contributed by atoms with Crippen molar-refractivity contribution >= 4 is 5.96 Å². The number of likely N-dealkylation sites (N-methyl/N-ethyl adjacent to an activating group) is 1. The summed E-state index contributed by atoms with van der Waals surface area (Å²) >= 11 is 0. The van der Waals surface area contributed by atoms with Crippen LogP contribution in [0, 0.1) is 5.92 Å². The molecule has 0 amide bonds. The zero-order valence-electron chi connectivity index (χ0n) is 17.3. The molecule has 0 bridgehead atoms. The van der Waals surface area contributed by atoms with E-state index in [1.807, 2.05) is 7.05 Å². The topological polar surface area (TPSA) is 46.1 Å². The van der Waals surface area contributed by atoms with Gasteiger partial charge in [0, 0.05) is 71.0 Å². The molecule has 0 aromatic carbocycles. The summed E-state index contributed by atoms with van der Waals surface area (Å²) in [6, 6.07) is 1.63. The molecular weight excluding hydrogens is 312 g/mol. The maximum Gasteiger partial charge on any atom is 0.191 e. The number of rotatable bonds is 6. The van der Waals surface area contributed by atoms with Crippen molar-refractivity contribution < 1.29 is 0 Å². The van der Waals surface area contributed by atoms with Gasteiger partial charge in [0.05, 0.1) is 0 Å². The van der Waals surface area contributed by atoms with E-state index in [1.54, 1.807) is 0 Å². The number of aliphatic imine (C=N–C) groups is 1. The summed E-state index contributed by atoms with van der Waals surface area (Å²) in [5, 5.41) is 7.19. The molecule has 2 rings (SSSR count). The lowest BCUT2D eigenvalue weighted by Gasteiger charge is -2.37. The van der Waals surface area contributed by atoms with Crippen LogP contribution >= 0.6 is 0 Å². The van der Waals surface area contributed by atoms with E-state index >= 15 is 0 Å². The number of likely N-dealkylation sites (tertiary alicyclic amines) is 1. The van der Waals surface area contributed by atoms with Gasteiger partial charge in [-0.1, -0.05) is 13.8 Å². The predicted octanol–water partition coefficient (Wildman–Crippen LogP) is 0.906. The van der Waals surface area contributed by atoms with Crippen LogP contribution in [0.3, 0.4) is 0 Å². The summed E-state index contributed by atoms with van der Waals surface area (Å²) in [6.45, 7) is 20.6. The van der Waals surface area contributed by atoms with Crippen molar-refractivity contribution in [3.05, 3.63) is 0 Å². The largest absolute Gasteiger partial charge is 0.355 e. The maximum atomic E-state index is 4.45. The Bertz CT molecular complexity index is 416. The van der Waals surface area contributed by atoms with Crippen LogP contribution in [-0.4, -0.2) is 98.2 Å². The standard InChI is InChI=1S/C19H40N6/c1-7-23-8-10-24(11-9-23)17(5)12-21-19(20-6)22-18-14-25(15(2)3)13-16(18)4/h15-18H,7-14H2,1-6H3,(H2,20,21,22). The minimum Gasteiger partial charge on any atom is -0.355 e. The zero-order chi connectivity index (χ0) is 18.4. The molecule has 0 aliphatic carbocycles. The van der Waals surface area contributed by atoms with Crippen molar-refractivity contribution in [2.75, 3.05) is 59.4 Å². The van der Waals surface area contributed by atoms with E-state index in [0.717, 1.165) is 19.0 Å². The molecule has 2 fully saturated rings. The van der Waals surface area contributed by atoms with E-state index < -0.39 is 0 Å². The van der Waals surface area contributed by atoms with Crippen LogP contribution in [0.1, 0.15) is 34.6 Å². The smallest absolute Gasteiger partial charge is 0.191 e. The van der Waals surface area contributed by atoms with Crippen molar-refractivity contribution in [2.45, 2.75) is 52.7 Å². The summed E-state index contributed by atoms with van der Waals surface area (Å²) in [7, 11) is 1.87. The number of nitrogens with one attached hydrogen (secondary N) is 2. The summed E-state index contributed by atoms with van der Waals surface area (Å²) < 4.78 is 0. The fourth-order valence-corrected chi connectivity index (χ4v) is 3.88. The van der Waals surface area contributed by atoms with Crippen molar-refractivity contribution in [1.82, 2.24) is 25.3 Å². The first kappa shape index (κ1) is 20.5. The van der Waals surface area contributed by atoms with Gasteiger partial charge in [-0.2, -0.15) is 0 Å². The van der Waals surface area contributed by atoms with Gasteiger partial charge < -0.3 is 15.5 Å². The summed E-state index contributed by atoms with van der Waals surface area (Å²) in [6.07, 6.45) is 0. The van der Waals surface area contributed by atoms with E-state index in [2.05, 4.69) is 64.9 Å². The Morgan fingerprint density at radius 1 is 1.08 bits per heavy atom. The second kappa shape index (κ2) is 9.74. The molecule has 3 atom stereocenters. The highest BCUT2D eigenvalue weighted by atomic mass is 15.3. The average molecular weight is 353 g/mol. The van der Waals surface area contributed by atoms with E-state index in [0.29, 0.717) is 24.0 Å². The van der Waals surface area contributed by atoms with E-state index in [9.17, 15) is 0 Å². The van der Waals surface area contributed by atoms with Crippen LogP contribution in [0.2, 0.25) is 0 Å². The lowest BCUT2D eigenvalue weighted by molar-refractivity contribution is 0.107. The van der Waals surface area contributed by atoms with Gasteiger partial charge in [-0.25, -0.2) is 0 Å². The molecule has 146 valence electrons. The van der Waals surface area contributed by atoms with Crippen LogP contribution in [0.5, 0.6) is 0 Å². The first-order valence-electron chi connectivity index (χ1n) is 10.1. The maximum absolute atomic E-state index is 4.45. The molecule has 0 saturated carbocycles. The third kappa shape index (κ3) is 5.83. The molecule has 0 aromatic rings. The third-order valence-electron chi connectivity index (χ3n) is 5.96. The lowest BCUT2D eigenvalue weighted by Crippen LogP contribution is -2.54. The molecule has 0 radical (unpaired) electrons. The molecule has 2 aliphatic rings. The normalized spacial score (nSPS) is 28.5. The van der Waals surface area contributed by atoms with Gasteiger partial charge in [-0.15, -0.1) is 0 Å². The molecule has 3 unspecified atom stereocenters. The van der Waals surface area contributed by atoms with E-state index in [-0.39, 0.29) is 0 Å². The number of hydrogen-bond acceptors (Lipinski definition) is 4. The first-order valence-corrected chi connectivity index (χ1v) is 10.1. The Morgan fingerprint density at radius 3 is 2.28 bits per heavy atom. The van der Waals surface area contributed by atoms with Gasteiger partial charge in [0.25, 0.3) is 0 Å². The third-order valence-corrected chi connectivity index (χ3v) is 5.96. The van der Waals surface area contributed by atoms with Crippen LogP contribution in [0.4, 0.5) is 0 Å². The SMILES string of the molecule is CCN1CCN(C(C)CNC(=NC)NC2CN(C(C)C)CC2C)CC1. The van der Waals surface area contributed by atoms with Crippen molar-refractivity contribution in [3.63, 3.8) is 0 Å². The Morgan fingerprint density at radius 2 is 1.76 bits per heavy atom. The molecule has 6 heteroatoms. The van der Waals surface area contributed by atoms with Gasteiger partial charge in [0.2, 0.25) is 0 Å². The summed E-state index contributed by atoms with van der Waals surface area (Å²) in [5.41, 5.74) is 0. The van der Waals surface area contributed by atoms with E-state index in [1.165, 1.54) is 39.3 Å². The Labute approximate surface area is 155 Å². The van der Waals surface area contributed by atoms with Crippen molar-refractivity contribution in [2.24, 2.45) is 10.9 Å². The molecule has 2 saturated heterocycles. The highest BCUT2D eigenvalue weighted by Crippen LogP contribution is 2.18. The summed E-state index contributed by atoms with van der Waals surface area (Å²) in [5.74, 6) is 1.60. The molecular formula is C19H40N6. The summed E-state index contributed by atoms with van der Waals surface area (Å²) in [4.78, 5) is 12.1. The second-order valence-electron chi connectivity index (χ2n) is 8.05. The Balaban J connectivity index is 1.75. The predicted molar refractivity (Wildman–Crippen MR) is 107 cm³/mol. The first-order chi connectivity index (χ1) is 11.9. The molecule has 6 nitrogen and oxygen atoms in total. The number of hydrogen-bond donors (Lipinski definition) is 2. The van der Waals surface area contributed by atoms with Gasteiger partial charge in [-0.05, 0) is 33.2 Å². The number of piperazine rings is 1. The molecule has 2 aliphatic heterocycles. The monoisotopic (exact) mass is 352 g/mol. The second-order valence-corrected chi connectivity index (χ2v) is 8.05. The van der Waals surface area contributed by atoms with Crippen LogP contribution < -0.4 is 10.6 Å². The molecule has 0 spiro atoms. The minimum absolute atomic E-state index is 0.483. The molecule has 2 heterocycles. The van der Waals surface area contributed by atoms with Gasteiger partial charge in [0.1, 0.15) is 0 Å². The highest BCUT2D eigenvalue weighted by Gasteiger charge is 2.31. The average Bonchev–Trinajstić information content (AvgIpc) is 2.99. The fourth-order valence-electron chi connectivity index (χ4n) is 3.88. The highest BCUT2D eigenvalue weighted by molar-refractivity contribution is 5.80. The van der Waals surface area contributed by atoms with Crippen LogP contribution in [0.25, 0.3) is 0 Å². The zero-order valence-corrected chi connectivity index (χ0v) is 17.3. The fraction of sp³-hybridized carbons (Fsp3) is 0.947. The quantitative estimate of drug-likeness (QED) is 0.550. The molecule has 25 heavy (non-hydrogen) atoms. The molecule has 2 N–H and O–H groups in total. The van der Waals surface area contributed by atoms with Gasteiger partial charge >= 0.3 is 0 Å². The number of guanidine groups is 1. The Hall–Kier alpha value is -0.850. The van der Waals surface area contributed by atoms with Gasteiger partial charge in [-0.3, -0.25) is 14.8 Å². The van der Waals surface area contributed by atoms with Gasteiger partial charge in [0.15, 0.2) is 5.96 Å². The van der Waals surface area contributed by atoms with Crippen molar-refractivity contribution in [3.8, 4) is 0 Å². The van der Waals surface area contributed by atoms with Crippen LogP contribution in [-0.2, 0) is 0 Å². The number of nitrogens with zero attached hydrogens (tertiary/aromatic N) is 4. The van der Waals surface area contributed by atoms with Crippen molar-refractivity contribution in [1.29, 1.82) is 0 Å². The molecule has 0 aromatic heterocycles.